The Morgan fingerprint density at radius 1 is 1.22 bits per heavy atom. The van der Waals surface area contributed by atoms with Crippen molar-refractivity contribution in [3.8, 4) is 0 Å². The highest BCUT2D eigenvalue weighted by Gasteiger charge is 2.23. The van der Waals surface area contributed by atoms with E-state index >= 15 is 0 Å². The Labute approximate surface area is 110 Å². The maximum atomic E-state index is 10.9. The SMILES string of the molecule is NNC(=O)CCCCCN(CCCO)C1CCC1. The maximum absolute atomic E-state index is 10.9. The number of nitrogens with two attached hydrogens (primary N) is 1. The second kappa shape index (κ2) is 9.30. The molecule has 1 rings (SSSR count). The summed E-state index contributed by atoms with van der Waals surface area (Å²) >= 11 is 0. The standard InChI is InChI=1S/C13H27N3O2/c14-15-13(18)8-2-1-3-9-16(10-5-11-17)12-6-4-7-12/h12,17H,1-11,14H2,(H,15,18). The molecule has 4 N–H and O–H groups in total. The molecule has 5 heteroatoms. The molecule has 1 fully saturated rings. The van der Waals surface area contributed by atoms with Crippen LogP contribution in [0.5, 0.6) is 0 Å². The first kappa shape index (κ1) is 15.4. The van der Waals surface area contributed by atoms with E-state index in [1.54, 1.807) is 0 Å². The Hall–Kier alpha value is -0.650. The molecule has 0 aromatic carbocycles. The number of hydrogen-bond acceptors (Lipinski definition) is 4. The van der Waals surface area contributed by atoms with E-state index in [2.05, 4.69) is 10.3 Å². The molecule has 0 unspecified atom stereocenters. The molecule has 106 valence electrons. The average molecular weight is 257 g/mol. The van der Waals surface area contributed by atoms with Gasteiger partial charge in [0.2, 0.25) is 5.91 Å². The van der Waals surface area contributed by atoms with Crippen LogP contribution in [0.1, 0.15) is 51.4 Å². The van der Waals surface area contributed by atoms with Crippen molar-refractivity contribution in [2.24, 2.45) is 5.84 Å². The molecule has 0 heterocycles. The number of carbonyl (C=O) groups is 1. The number of aliphatic hydroxyl groups is 1. The van der Waals surface area contributed by atoms with Gasteiger partial charge in [0.25, 0.3) is 0 Å². The van der Waals surface area contributed by atoms with E-state index in [1.165, 1.54) is 19.3 Å². The molecule has 0 radical (unpaired) electrons. The van der Waals surface area contributed by atoms with Crippen LogP contribution in [-0.4, -0.2) is 41.7 Å². The van der Waals surface area contributed by atoms with Crippen molar-refractivity contribution in [3.63, 3.8) is 0 Å². The van der Waals surface area contributed by atoms with Crippen LogP contribution in [0, 0.1) is 0 Å². The summed E-state index contributed by atoms with van der Waals surface area (Å²) in [6, 6.07) is 0.740. The lowest BCUT2D eigenvalue weighted by Crippen LogP contribution is -2.41. The van der Waals surface area contributed by atoms with Crippen molar-refractivity contribution < 1.29 is 9.90 Å². The van der Waals surface area contributed by atoms with Crippen LogP contribution >= 0.6 is 0 Å². The van der Waals surface area contributed by atoms with Gasteiger partial charge < -0.3 is 10.0 Å². The average Bonchev–Trinajstić information content (AvgIpc) is 2.32. The normalized spacial score (nSPS) is 15.7. The summed E-state index contributed by atoms with van der Waals surface area (Å²) in [5.41, 5.74) is 2.15. The van der Waals surface area contributed by atoms with Crippen LogP contribution in [0.15, 0.2) is 0 Å². The van der Waals surface area contributed by atoms with Crippen LogP contribution < -0.4 is 11.3 Å². The van der Waals surface area contributed by atoms with E-state index in [0.717, 1.165) is 44.8 Å². The highest BCUT2D eigenvalue weighted by Crippen LogP contribution is 2.25. The number of amides is 1. The first-order valence-corrected chi connectivity index (χ1v) is 7.12. The van der Waals surface area contributed by atoms with Crippen LogP contribution in [0.3, 0.4) is 0 Å². The molecule has 0 spiro atoms. The number of nitrogens with zero attached hydrogens (tertiary/aromatic N) is 1. The smallest absolute Gasteiger partial charge is 0.233 e. The lowest BCUT2D eigenvalue weighted by molar-refractivity contribution is -0.121. The van der Waals surface area contributed by atoms with Crippen LogP contribution in [0.25, 0.3) is 0 Å². The highest BCUT2D eigenvalue weighted by atomic mass is 16.3. The molecule has 18 heavy (non-hydrogen) atoms. The van der Waals surface area contributed by atoms with Crippen molar-refractivity contribution in [2.75, 3.05) is 19.7 Å². The van der Waals surface area contributed by atoms with E-state index in [-0.39, 0.29) is 12.5 Å². The first-order valence-electron chi connectivity index (χ1n) is 7.12. The van der Waals surface area contributed by atoms with Crippen molar-refractivity contribution in [3.05, 3.63) is 0 Å². The van der Waals surface area contributed by atoms with Crippen molar-refractivity contribution in [1.82, 2.24) is 10.3 Å². The summed E-state index contributed by atoms with van der Waals surface area (Å²) in [5.74, 6) is 4.95. The Morgan fingerprint density at radius 2 is 1.94 bits per heavy atom. The Balaban J connectivity index is 2.07. The topological polar surface area (TPSA) is 78.6 Å². The fourth-order valence-corrected chi connectivity index (χ4v) is 2.35. The van der Waals surface area contributed by atoms with Gasteiger partial charge in [-0.2, -0.15) is 0 Å². The molecule has 0 aliphatic heterocycles. The van der Waals surface area contributed by atoms with Gasteiger partial charge in [-0.1, -0.05) is 12.8 Å². The molecular formula is C13H27N3O2. The third-order valence-electron chi connectivity index (χ3n) is 3.70. The van der Waals surface area contributed by atoms with Gasteiger partial charge in [-0.25, -0.2) is 5.84 Å². The zero-order chi connectivity index (χ0) is 13.2. The summed E-state index contributed by atoms with van der Waals surface area (Å²) < 4.78 is 0. The molecule has 0 aromatic rings. The van der Waals surface area contributed by atoms with E-state index in [1.807, 2.05) is 0 Å². The number of hydrogen-bond donors (Lipinski definition) is 3. The molecule has 0 bridgehead atoms. The number of hydrazine groups is 1. The number of unbranched alkanes of at least 4 members (excludes halogenated alkanes) is 2. The predicted molar refractivity (Wildman–Crippen MR) is 71.7 cm³/mol. The zero-order valence-electron chi connectivity index (χ0n) is 11.2. The van der Waals surface area contributed by atoms with Gasteiger partial charge in [-0.05, 0) is 38.6 Å². The molecule has 0 saturated heterocycles. The van der Waals surface area contributed by atoms with Gasteiger partial charge in [-0.3, -0.25) is 10.2 Å². The molecule has 1 aliphatic rings. The molecule has 1 aliphatic carbocycles. The molecule has 0 aromatic heterocycles. The van der Waals surface area contributed by atoms with Gasteiger partial charge in [0, 0.05) is 25.6 Å². The van der Waals surface area contributed by atoms with Gasteiger partial charge in [-0.15, -0.1) is 0 Å². The molecule has 0 atom stereocenters. The van der Waals surface area contributed by atoms with Crippen molar-refractivity contribution in [2.45, 2.75) is 57.4 Å². The Morgan fingerprint density at radius 3 is 2.50 bits per heavy atom. The molecule has 1 amide bonds. The lowest BCUT2D eigenvalue weighted by atomic mass is 9.91. The molecule has 1 saturated carbocycles. The van der Waals surface area contributed by atoms with Gasteiger partial charge >= 0.3 is 0 Å². The fourth-order valence-electron chi connectivity index (χ4n) is 2.35. The van der Waals surface area contributed by atoms with E-state index in [0.29, 0.717) is 6.42 Å². The first-order chi connectivity index (χ1) is 8.77. The minimum absolute atomic E-state index is 0.0777. The molecular weight excluding hydrogens is 230 g/mol. The fraction of sp³-hybridized carbons (Fsp3) is 0.923. The Kier molecular flexibility index (Phi) is 7.96. The summed E-state index contributed by atoms with van der Waals surface area (Å²) in [6.45, 7) is 2.37. The van der Waals surface area contributed by atoms with Crippen LogP contribution in [-0.2, 0) is 4.79 Å². The van der Waals surface area contributed by atoms with E-state index < -0.39 is 0 Å². The maximum Gasteiger partial charge on any atom is 0.233 e. The Bertz CT molecular complexity index is 232. The second-order valence-electron chi connectivity index (χ2n) is 5.08. The number of aliphatic hydroxyl groups excluding tert-OH is 1. The van der Waals surface area contributed by atoms with Crippen molar-refractivity contribution >= 4 is 5.91 Å². The third kappa shape index (κ3) is 5.80. The van der Waals surface area contributed by atoms with Gasteiger partial charge in [0.1, 0.15) is 0 Å². The van der Waals surface area contributed by atoms with Gasteiger partial charge in [0.05, 0.1) is 0 Å². The minimum atomic E-state index is -0.0777. The van der Waals surface area contributed by atoms with Crippen molar-refractivity contribution in [1.29, 1.82) is 0 Å². The summed E-state index contributed by atoms with van der Waals surface area (Å²) in [4.78, 5) is 13.4. The van der Waals surface area contributed by atoms with E-state index in [9.17, 15) is 4.79 Å². The summed E-state index contributed by atoms with van der Waals surface area (Å²) in [6.07, 6.45) is 8.44. The number of nitrogens with one attached hydrogen (secondary N) is 1. The highest BCUT2D eigenvalue weighted by molar-refractivity contribution is 5.74. The number of carbonyl (C=O) groups excluding carboxylic acids is 1. The minimum Gasteiger partial charge on any atom is -0.396 e. The summed E-state index contributed by atoms with van der Waals surface area (Å²) in [5, 5.41) is 8.90. The van der Waals surface area contributed by atoms with Crippen LogP contribution in [0.4, 0.5) is 0 Å². The molecule has 5 nitrogen and oxygen atoms in total. The second-order valence-corrected chi connectivity index (χ2v) is 5.08. The van der Waals surface area contributed by atoms with Gasteiger partial charge in [0.15, 0.2) is 0 Å². The largest absolute Gasteiger partial charge is 0.396 e. The lowest BCUT2D eigenvalue weighted by Gasteiger charge is -2.37. The summed E-state index contributed by atoms with van der Waals surface area (Å²) in [7, 11) is 0. The third-order valence-corrected chi connectivity index (χ3v) is 3.70. The van der Waals surface area contributed by atoms with E-state index in [4.69, 9.17) is 10.9 Å². The quantitative estimate of drug-likeness (QED) is 0.234. The predicted octanol–water partition coefficient (Wildman–Crippen LogP) is 0.774. The monoisotopic (exact) mass is 257 g/mol. The number of rotatable bonds is 10. The zero-order valence-corrected chi connectivity index (χ0v) is 11.2. The van der Waals surface area contributed by atoms with Crippen LogP contribution in [0.2, 0.25) is 0 Å².